The van der Waals surface area contributed by atoms with Crippen LogP contribution in [0.15, 0.2) is 88.7 Å². The molecule has 0 bridgehead atoms. The minimum atomic E-state index is -1.24. The quantitative estimate of drug-likeness (QED) is 0.551. The molecule has 3 aromatic carbocycles. The lowest BCUT2D eigenvalue weighted by Crippen LogP contribution is -2.40. The number of likely N-dealkylation sites (tertiary alicyclic amines) is 1. The number of amides is 1. The zero-order chi connectivity index (χ0) is 23.2. The first-order chi connectivity index (χ1) is 16.1. The molecule has 0 N–H and O–H groups in total. The van der Waals surface area contributed by atoms with E-state index in [0.717, 1.165) is 10.5 Å². The Morgan fingerprint density at radius 2 is 1.48 bits per heavy atom. The van der Waals surface area contributed by atoms with E-state index in [1.165, 1.54) is 0 Å². The maximum Gasteiger partial charge on any atom is 0.255 e. The average molecular weight is 457 g/mol. The van der Waals surface area contributed by atoms with E-state index < -0.39 is 10.8 Å². The molecule has 0 spiro atoms. The van der Waals surface area contributed by atoms with Gasteiger partial charge in [-0.3, -0.25) is 9.59 Å². The molecule has 0 aliphatic carbocycles. The summed E-state index contributed by atoms with van der Waals surface area (Å²) < 4.78 is 12.6. The van der Waals surface area contributed by atoms with E-state index in [4.69, 9.17) is 0 Å². The van der Waals surface area contributed by atoms with Gasteiger partial charge >= 0.3 is 0 Å². The van der Waals surface area contributed by atoms with Gasteiger partial charge in [0.15, 0.2) is 0 Å². The average Bonchev–Trinajstić information content (AvgIpc) is 2.89. The second-order valence-corrected chi connectivity index (χ2v) is 9.57. The smallest absolute Gasteiger partial charge is 0.255 e. The van der Waals surface area contributed by atoms with Crippen molar-refractivity contribution in [3.05, 3.63) is 95.6 Å². The molecular weight excluding hydrogens is 432 g/mol. The van der Waals surface area contributed by atoms with Crippen LogP contribution in [0.4, 0.5) is 0 Å². The lowest BCUT2D eigenvalue weighted by Gasteiger charge is -2.31. The normalized spacial score (nSPS) is 14.9. The Balaban J connectivity index is 1.32. The van der Waals surface area contributed by atoms with Gasteiger partial charge in [-0.2, -0.15) is 5.26 Å². The molecule has 0 saturated carbocycles. The summed E-state index contributed by atoms with van der Waals surface area (Å²) in [5, 5.41) is 9.24. The third-order valence-electron chi connectivity index (χ3n) is 5.99. The van der Waals surface area contributed by atoms with Crippen LogP contribution in [-0.2, 0) is 22.0 Å². The van der Waals surface area contributed by atoms with Gasteiger partial charge in [-0.05, 0) is 54.8 Å². The monoisotopic (exact) mass is 456 g/mol. The van der Waals surface area contributed by atoms with Crippen LogP contribution in [0.25, 0.3) is 0 Å². The third-order valence-corrected chi connectivity index (χ3v) is 7.39. The zero-order valence-electron chi connectivity index (χ0n) is 18.1. The van der Waals surface area contributed by atoms with Crippen LogP contribution in [0.5, 0.6) is 0 Å². The fraction of sp³-hybridized carbons (Fsp3) is 0.222. The van der Waals surface area contributed by atoms with Gasteiger partial charge in [-0.1, -0.05) is 42.5 Å². The molecule has 0 radical (unpaired) electrons. The predicted molar refractivity (Wildman–Crippen MR) is 126 cm³/mol. The summed E-state index contributed by atoms with van der Waals surface area (Å²) in [5.41, 5.74) is 1.69. The maximum atomic E-state index is 12.8. The fourth-order valence-electron chi connectivity index (χ4n) is 4.10. The molecule has 1 fully saturated rings. The van der Waals surface area contributed by atoms with E-state index in [1.54, 1.807) is 29.2 Å². The van der Waals surface area contributed by atoms with Crippen molar-refractivity contribution < 1.29 is 13.8 Å². The molecule has 5 nitrogen and oxygen atoms in total. The van der Waals surface area contributed by atoms with Crippen LogP contribution in [0, 0.1) is 17.2 Å². The molecule has 1 aliphatic rings. The summed E-state index contributed by atoms with van der Waals surface area (Å²) in [4.78, 5) is 28.8. The van der Waals surface area contributed by atoms with Crippen molar-refractivity contribution in [2.24, 2.45) is 5.92 Å². The van der Waals surface area contributed by atoms with Crippen LogP contribution < -0.4 is 0 Å². The Morgan fingerprint density at radius 3 is 2.15 bits per heavy atom. The number of hydrogen-bond donors (Lipinski definition) is 0. The Labute approximate surface area is 196 Å². The Kier molecular flexibility index (Phi) is 7.11. The summed E-state index contributed by atoms with van der Waals surface area (Å²) >= 11 is 0. The molecule has 1 aliphatic heterocycles. The van der Waals surface area contributed by atoms with Crippen molar-refractivity contribution >= 4 is 22.5 Å². The third kappa shape index (κ3) is 5.27. The van der Waals surface area contributed by atoms with E-state index in [1.807, 2.05) is 54.6 Å². The van der Waals surface area contributed by atoms with Gasteiger partial charge in [-0.25, -0.2) is 4.21 Å². The molecule has 1 amide bonds. The minimum Gasteiger partial charge on any atom is -0.339 e. The number of ketones is 1. The lowest BCUT2D eigenvalue weighted by atomic mass is 9.89. The van der Waals surface area contributed by atoms with Crippen LogP contribution in [0.1, 0.15) is 34.3 Å². The highest BCUT2D eigenvalue weighted by molar-refractivity contribution is 7.85. The van der Waals surface area contributed by atoms with Gasteiger partial charge in [0.1, 0.15) is 5.78 Å². The molecule has 166 valence electrons. The van der Waals surface area contributed by atoms with Crippen molar-refractivity contribution in [2.75, 3.05) is 13.1 Å². The summed E-state index contributed by atoms with van der Waals surface area (Å²) in [7, 11) is -1.24. The number of nitrogens with zero attached hydrogens (tertiary/aromatic N) is 2. The molecule has 0 aromatic heterocycles. The van der Waals surface area contributed by atoms with Gasteiger partial charge in [-0.15, -0.1) is 0 Å². The molecule has 4 rings (SSSR count). The second-order valence-electron chi connectivity index (χ2n) is 8.09. The number of Topliss-reactive ketones (excluding diaryl/α,β-unsaturated/α-hetero) is 1. The van der Waals surface area contributed by atoms with E-state index in [2.05, 4.69) is 6.07 Å². The number of nitriles is 1. The first kappa shape index (κ1) is 22.6. The number of benzene rings is 3. The van der Waals surface area contributed by atoms with Gasteiger partial charge in [0.2, 0.25) is 0 Å². The molecule has 33 heavy (non-hydrogen) atoms. The topological polar surface area (TPSA) is 78.2 Å². The van der Waals surface area contributed by atoms with Gasteiger partial charge < -0.3 is 4.90 Å². The van der Waals surface area contributed by atoms with Gasteiger partial charge in [0.25, 0.3) is 5.91 Å². The Bertz CT molecular complexity index is 1210. The van der Waals surface area contributed by atoms with Crippen LogP contribution >= 0.6 is 0 Å². The van der Waals surface area contributed by atoms with Crippen LogP contribution in [0.3, 0.4) is 0 Å². The number of carbonyl (C=O) groups excluding carboxylic acids is 2. The minimum absolute atomic E-state index is 0.0848. The Morgan fingerprint density at radius 1 is 0.879 bits per heavy atom. The molecule has 6 heteroatoms. The molecule has 1 saturated heterocycles. The molecule has 3 aromatic rings. The zero-order valence-corrected chi connectivity index (χ0v) is 19.0. The maximum absolute atomic E-state index is 12.8. The molecular formula is C27H24N2O3S. The lowest BCUT2D eigenvalue weighted by molar-refractivity contribution is -0.123. The molecule has 1 atom stereocenters. The summed E-state index contributed by atoms with van der Waals surface area (Å²) in [6.07, 6.45) is 1.57. The highest BCUT2D eigenvalue weighted by Crippen LogP contribution is 2.23. The van der Waals surface area contributed by atoms with Crippen molar-refractivity contribution in [2.45, 2.75) is 29.1 Å². The largest absolute Gasteiger partial charge is 0.339 e. The van der Waals surface area contributed by atoms with Crippen molar-refractivity contribution in [1.82, 2.24) is 4.90 Å². The first-order valence-electron chi connectivity index (χ1n) is 10.9. The standard InChI is InChI=1S/C27H24N2O3S/c28-19-22-6-4-5-9-25(22)27(31)29-16-14-21(15-17-29)26(30)18-20-10-12-24(13-11-20)33(32)23-7-2-1-3-8-23/h1-13,21H,14-18H2. The number of carbonyl (C=O) groups is 2. The summed E-state index contributed by atoms with van der Waals surface area (Å²) in [6, 6.07) is 25.5. The highest BCUT2D eigenvalue weighted by Gasteiger charge is 2.28. The highest BCUT2D eigenvalue weighted by atomic mass is 32.2. The molecule has 1 heterocycles. The second kappa shape index (κ2) is 10.4. The number of hydrogen-bond acceptors (Lipinski definition) is 4. The van der Waals surface area contributed by atoms with E-state index in [0.29, 0.717) is 48.4 Å². The van der Waals surface area contributed by atoms with Gasteiger partial charge in [0, 0.05) is 35.2 Å². The number of piperidine rings is 1. The van der Waals surface area contributed by atoms with Gasteiger partial charge in [0.05, 0.1) is 28.0 Å². The first-order valence-corrected chi connectivity index (χ1v) is 12.1. The van der Waals surface area contributed by atoms with E-state index in [-0.39, 0.29) is 17.6 Å². The van der Waals surface area contributed by atoms with Crippen LogP contribution in [0.2, 0.25) is 0 Å². The van der Waals surface area contributed by atoms with Crippen molar-refractivity contribution in [3.63, 3.8) is 0 Å². The van der Waals surface area contributed by atoms with Crippen molar-refractivity contribution in [1.29, 1.82) is 5.26 Å². The van der Waals surface area contributed by atoms with Crippen LogP contribution in [-0.4, -0.2) is 33.9 Å². The van der Waals surface area contributed by atoms with E-state index >= 15 is 0 Å². The molecule has 1 unspecified atom stereocenters. The SMILES string of the molecule is N#Cc1ccccc1C(=O)N1CCC(C(=O)Cc2ccc(S(=O)c3ccccc3)cc2)CC1. The Hall–Kier alpha value is -3.56. The predicted octanol–water partition coefficient (Wildman–Crippen LogP) is 4.39. The fourth-order valence-corrected chi connectivity index (χ4v) is 5.16. The number of rotatable bonds is 6. The summed E-state index contributed by atoms with van der Waals surface area (Å²) in [6.45, 7) is 1.01. The van der Waals surface area contributed by atoms with Crippen molar-refractivity contribution in [3.8, 4) is 6.07 Å². The summed E-state index contributed by atoms with van der Waals surface area (Å²) in [5.74, 6) is -0.0742. The van der Waals surface area contributed by atoms with E-state index in [9.17, 15) is 19.1 Å².